The van der Waals surface area contributed by atoms with E-state index in [1.165, 1.54) is 12.1 Å². The van der Waals surface area contributed by atoms with E-state index in [4.69, 9.17) is 10.9 Å². The molecule has 5 N–H and O–H groups in total. The van der Waals surface area contributed by atoms with Crippen LogP contribution in [0, 0.1) is 0 Å². The minimum absolute atomic E-state index is 0.248. The number of anilines is 1. The van der Waals surface area contributed by atoms with Crippen molar-refractivity contribution in [1.82, 2.24) is 5.53 Å². The number of aromatic carboxylic acids is 1. The molecule has 1 aromatic rings. The summed E-state index contributed by atoms with van der Waals surface area (Å²) in [5.74, 6) is 4.04. The maximum atomic E-state index is 10.4. The smallest absolute Gasteiger partial charge is 0.335 e. The Kier molecular flexibility index (Phi) is 2.62. The second kappa shape index (κ2) is 3.70. The van der Waals surface area contributed by atoms with Gasteiger partial charge >= 0.3 is 5.97 Å². The SMILES string of the molecule is NNNc1ccc(C(=O)O)cc1. The Balaban J connectivity index is 2.78. The first kappa shape index (κ1) is 8.51. The van der Waals surface area contributed by atoms with Gasteiger partial charge in [0.05, 0.1) is 11.3 Å². The molecule has 0 aliphatic rings. The lowest BCUT2D eigenvalue weighted by atomic mass is 10.2. The highest BCUT2D eigenvalue weighted by Gasteiger charge is 2.00. The summed E-state index contributed by atoms with van der Waals surface area (Å²) < 4.78 is 0. The van der Waals surface area contributed by atoms with E-state index >= 15 is 0 Å². The van der Waals surface area contributed by atoms with Crippen molar-refractivity contribution >= 4 is 11.7 Å². The number of carboxylic acid groups (broad SMARTS) is 1. The van der Waals surface area contributed by atoms with Gasteiger partial charge in [-0.05, 0) is 24.3 Å². The Morgan fingerprint density at radius 3 is 2.33 bits per heavy atom. The minimum Gasteiger partial charge on any atom is -0.478 e. The molecule has 0 unspecified atom stereocenters. The van der Waals surface area contributed by atoms with Crippen molar-refractivity contribution in [2.24, 2.45) is 5.84 Å². The van der Waals surface area contributed by atoms with Crippen LogP contribution in [0.15, 0.2) is 24.3 Å². The molecule has 0 atom stereocenters. The third-order valence-electron chi connectivity index (χ3n) is 1.35. The highest BCUT2D eigenvalue weighted by atomic mass is 16.4. The zero-order valence-corrected chi connectivity index (χ0v) is 6.24. The van der Waals surface area contributed by atoms with E-state index < -0.39 is 5.97 Å². The Hall–Kier alpha value is -1.59. The number of rotatable bonds is 3. The summed E-state index contributed by atoms with van der Waals surface area (Å²) in [5, 5.41) is 8.54. The topological polar surface area (TPSA) is 87.4 Å². The van der Waals surface area contributed by atoms with E-state index in [1.807, 2.05) is 0 Å². The first-order valence-corrected chi connectivity index (χ1v) is 3.29. The summed E-state index contributed by atoms with van der Waals surface area (Å²) in [6.45, 7) is 0. The maximum absolute atomic E-state index is 10.4. The van der Waals surface area contributed by atoms with E-state index in [9.17, 15) is 4.79 Å². The van der Waals surface area contributed by atoms with E-state index in [0.717, 1.165) is 0 Å². The van der Waals surface area contributed by atoms with Gasteiger partial charge in [0.25, 0.3) is 0 Å². The number of hydrazine groups is 2. The number of carboxylic acids is 1. The Morgan fingerprint density at radius 1 is 1.33 bits per heavy atom. The fourth-order valence-corrected chi connectivity index (χ4v) is 0.779. The lowest BCUT2D eigenvalue weighted by molar-refractivity contribution is 0.0697. The molecule has 0 amide bonds. The first-order valence-electron chi connectivity index (χ1n) is 3.29. The fraction of sp³-hybridized carbons (Fsp3) is 0. The molecule has 0 saturated carbocycles. The highest BCUT2D eigenvalue weighted by Crippen LogP contribution is 2.07. The molecular weight excluding hydrogens is 158 g/mol. The van der Waals surface area contributed by atoms with Gasteiger partial charge in [0.15, 0.2) is 0 Å². The zero-order chi connectivity index (χ0) is 8.97. The number of nitrogens with one attached hydrogen (secondary N) is 2. The number of nitrogens with two attached hydrogens (primary N) is 1. The van der Waals surface area contributed by atoms with Crippen LogP contribution in [-0.4, -0.2) is 11.1 Å². The first-order chi connectivity index (χ1) is 5.74. The molecule has 0 spiro atoms. The van der Waals surface area contributed by atoms with Crippen LogP contribution >= 0.6 is 0 Å². The number of benzene rings is 1. The molecule has 12 heavy (non-hydrogen) atoms. The molecule has 0 aliphatic heterocycles. The summed E-state index contributed by atoms with van der Waals surface area (Å²) in [6, 6.07) is 6.20. The number of hydrogen-bond donors (Lipinski definition) is 4. The van der Waals surface area contributed by atoms with Crippen LogP contribution in [0.1, 0.15) is 10.4 Å². The van der Waals surface area contributed by atoms with Crippen LogP contribution in [0.4, 0.5) is 5.69 Å². The van der Waals surface area contributed by atoms with Crippen LogP contribution in [0.25, 0.3) is 0 Å². The normalized spacial score (nSPS) is 9.42. The molecule has 0 aromatic heterocycles. The predicted octanol–water partition coefficient (Wildman–Crippen LogP) is 0.175. The molecule has 0 radical (unpaired) electrons. The molecule has 1 rings (SSSR count). The average molecular weight is 167 g/mol. The fourth-order valence-electron chi connectivity index (χ4n) is 0.779. The summed E-state index contributed by atoms with van der Waals surface area (Å²) in [7, 11) is 0. The predicted molar refractivity (Wildman–Crippen MR) is 44.3 cm³/mol. The third-order valence-corrected chi connectivity index (χ3v) is 1.35. The van der Waals surface area contributed by atoms with Gasteiger partial charge in [-0.15, -0.1) is 0 Å². The van der Waals surface area contributed by atoms with Crippen LogP contribution < -0.4 is 16.8 Å². The monoisotopic (exact) mass is 167 g/mol. The second-order valence-corrected chi connectivity index (χ2v) is 2.15. The van der Waals surface area contributed by atoms with Crippen molar-refractivity contribution in [3.63, 3.8) is 0 Å². The lowest BCUT2D eigenvalue weighted by Gasteiger charge is -2.02. The highest BCUT2D eigenvalue weighted by molar-refractivity contribution is 5.87. The van der Waals surface area contributed by atoms with Gasteiger partial charge in [-0.2, -0.15) is 5.53 Å². The molecule has 0 saturated heterocycles. The minimum atomic E-state index is -0.942. The van der Waals surface area contributed by atoms with Crippen molar-refractivity contribution in [1.29, 1.82) is 0 Å². The molecule has 1 aromatic carbocycles. The summed E-state index contributed by atoms with van der Waals surface area (Å²) in [5.41, 5.74) is 5.80. The average Bonchev–Trinajstić information content (AvgIpc) is 2.06. The van der Waals surface area contributed by atoms with Crippen molar-refractivity contribution in [3.8, 4) is 0 Å². The number of hydrogen-bond acceptors (Lipinski definition) is 4. The molecule has 5 nitrogen and oxygen atoms in total. The van der Waals surface area contributed by atoms with E-state index in [2.05, 4.69) is 11.0 Å². The molecule has 0 bridgehead atoms. The van der Waals surface area contributed by atoms with Crippen molar-refractivity contribution in [2.75, 3.05) is 5.43 Å². The Morgan fingerprint density at radius 2 is 1.92 bits per heavy atom. The van der Waals surface area contributed by atoms with Gasteiger partial charge in [0.1, 0.15) is 0 Å². The van der Waals surface area contributed by atoms with Gasteiger partial charge in [-0.25, -0.2) is 4.79 Å². The van der Waals surface area contributed by atoms with Crippen LogP contribution in [0.2, 0.25) is 0 Å². The largest absolute Gasteiger partial charge is 0.478 e. The van der Waals surface area contributed by atoms with Gasteiger partial charge in [-0.1, -0.05) is 0 Å². The number of carbonyl (C=O) groups is 1. The molecular formula is C7H9N3O2. The van der Waals surface area contributed by atoms with Crippen LogP contribution in [-0.2, 0) is 0 Å². The van der Waals surface area contributed by atoms with Gasteiger partial charge in [0.2, 0.25) is 0 Å². The van der Waals surface area contributed by atoms with Gasteiger partial charge in [-0.3, -0.25) is 5.84 Å². The molecule has 0 heterocycles. The van der Waals surface area contributed by atoms with Crippen molar-refractivity contribution in [3.05, 3.63) is 29.8 Å². The lowest BCUT2D eigenvalue weighted by Crippen LogP contribution is -2.28. The standard InChI is InChI=1S/C7H9N3O2/c8-10-9-6-3-1-5(2-4-6)7(11)12/h1-4,9-10H,8H2,(H,11,12). The summed E-state index contributed by atoms with van der Waals surface area (Å²) in [6.07, 6.45) is 0. The van der Waals surface area contributed by atoms with Crippen LogP contribution in [0.3, 0.4) is 0 Å². The molecule has 0 aliphatic carbocycles. The zero-order valence-electron chi connectivity index (χ0n) is 6.24. The Bertz CT molecular complexity index is 270. The molecule has 64 valence electrons. The quantitative estimate of drug-likeness (QED) is 0.381. The van der Waals surface area contributed by atoms with Crippen LogP contribution in [0.5, 0.6) is 0 Å². The summed E-state index contributed by atoms with van der Waals surface area (Å²) in [4.78, 5) is 10.4. The van der Waals surface area contributed by atoms with Crippen molar-refractivity contribution < 1.29 is 9.90 Å². The van der Waals surface area contributed by atoms with Gasteiger partial charge in [0, 0.05) is 0 Å². The van der Waals surface area contributed by atoms with E-state index in [0.29, 0.717) is 5.69 Å². The van der Waals surface area contributed by atoms with E-state index in [1.54, 1.807) is 12.1 Å². The molecule has 0 fully saturated rings. The maximum Gasteiger partial charge on any atom is 0.335 e. The second-order valence-electron chi connectivity index (χ2n) is 2.15. The Labute approximate surface area is 69.1 Å². The van der Waals surface area contributed by atoms with Gasteiger partial charge < -0.3 is 10.5 Å². The summed E-state index contributed by atoms with van der Waals surface area (Å²) >= 11 is 0. The van der Waals surface area contributed by atoms with E-state index in [-0.39, 0.29) is 5.56 Å². The third kappa shape index (κ3) is 1.94. The molecule has 5 heteroatoms. The van der Waals surface area contributed by atoms with Crippen molar-refractivity contribution in [2.45, 2.75) is 0 Å².